The molecular formula is C16H19ClN4O2S. The molecule has 1 aliphatic heterocycles. The molecule has 2 heterocycles. The fourth-order valence-corrected chi connectivity index (χ4v) is 3.46. The van der Waals surface area contributed by atoms with Crippen molar-refractivity contribution in [3.05, 3.63) is 34.8 Å². The van der Waals surface area contributed by atoms with E-state index >= 15 is 0 Å². The summed E-state index contributed by atoms with van der Waals surface area (Å²) in [5.41, 5.74) is 0.663. The molecule has 3 rings (SSSR count). The van der Waals surface area contributed by atoms with Gasteiger partial charge < -0.3 is 19.9 Å². The number of thiazole rings is 1. The lowest BCUT2D eigenvalue weighted by atomic mass is 10.3. The Morgan fingerprint density at radius 2 is 2.17 bits per heavy atom. The van der Waals surface area contributed by atoms with Gasteiger partial charge in [0.05, 0.1) is 11.6 Å². The maximum Gasteiger partial charge on any atom is 0.321 e. The number of carbonyl (C=O) groups excluding carboxylic acids is 1. The molecule has 24 heavy (non-hydrogen) atoms. The van der Waals surface area contributed by atoms with Crippen molar-refractivity contribution in [1.29, 1.82) is 0 Å². The molecule has 8 heteroatoms. The number of piperazine rings is 1. The van der Waals surface area contributed by atoms with Gasteiger partial charge in [0.1, 0.15) is 5.75 Å². The van der Waals surface area contributed by atoms with E-state index in [0.29, 0.717) is 36.2 Å². The first kappa shape index (κ1) is 16.9. The van der Waals surface area contributed by atoms with Gasteiger partial charge in [0.25, 0.3) is 0 Å². The minimum Gasteiger partial charge on any atom is -0.492 e. The smallest absolute Gasteiger partial charge is 0.321 e. The highest BCUT2D eigenvalue weighted by molar-refractivity contribution is 7.13. The zero-order chi connectivity index (χ0) is 16.9. The van der Waals surface area contributed by atoms with Crippen LogP contribution in [0.5, 0.6) is 5.75 Å². The van der Waals surface area contributed by atoms with Crippen LogP contribution in [0.25, 0.3) is 0 Å². The van der Waals surface area contributed by atoms with E-state index in [1.165, 1.54) is 0 Å². The van der Waals surface area contributed by atoms with Gasteiger partial charge in [-0.1, -0.05) is 11.6 Å². The Balaban J connectivity index is 1.55. The van der Waals surface area contributed by atoms with E-state index in [0.717, 1.165) is 18.2 Å². The summed E-state index contributed by atoms with van der Waals surface area (Å²) in [6.07, 6.45) is 1.80. The summed E-state index contributed by atoms with van der Waals surface area (Å²) in [5, 5.41) is 6.35. The van der Waals surface area contributed by atoms with E-state index in [-0.39, 0.29) is 6.03 Å². The lowest BCUT2D eigenvalue weighted by molar-refractivity contribution is 0.208. The van der Waals surface area contributed by atoms with Gasteiger partial charge in [-0.3, -0.25) is 0 Å². The molecule has 1 N–H and O–H groups in total. The van der Waals surface area contributed by atoms with Crippen LogP contribution < -0.4 is 15.0 Å². The summed E-state index contributed by atoms with van der Waals surface area (Å²) in [6.45, 7) is 5.34. The van der Waals surface area contributed by atoms with Gasteiger partial charge in [-0.25, -0.2) is 9.78 Å². The van der Waals surface area contributed by atoms with Crippen LogP contribution in [0.4, 0.5) is 15.6 Å². The molecular weight excluding hydrogens is 348 g/mol. The van der Waals surface area contributed by atoms with Crippen molar-refractivity contribution in [2.45, 2.75) is 6.92 Å². The highest BCUT2D eigenvalue weighted by Crippen LogP contribution is 2.28. The molecule has 0 aliphatic carbocycles. The Kier molecular flexibility index (Phi) is 5.42. The molecule has 0 radical (unpaired) electrons. The predicted molar refractivity (Wildman–Crippen MR) is 97.5 cm³/mol. The van der Waals surface area contributed by atoms with Crippen molar-refractivity contribution >= 4 is 39.8 Å². The van der Waals surface area contributed by atoms with Crippen molar-refractivity contribution < 1.29 is 9.53 Å². The van der Waals surface area contributed by atoms with Crippen LogP contribution >= 0.6 is 22.9 Å². The van der Waals surface area contributed by atoms with Crippen molar-refractivity contribution in [3.63, 3.8) is 0 Å². The first-order chi connectivity index (χ1) is 11.7. The number of nitrogens with one attached hydrogen (secondary N) is 1. The molecule has 1 aromatic heterocycles. The lowest BCUT2D eigenvalue weighted by Crippen LogP contribution is -2.50. The Morgan fingerprint density at radius 1 is 1.38 bits per heavy atom. The van der Waals surface area contributed by atoms with Crippen molar-refractivity contribution in [2.75, 3.05) is 43.0 Å². The number of nitrogens with zero attached hydrogens (tertiary/aromatic N) is 3. The van der Waals surface area contributed by atoms with E-state index < -0.39 is 0 Å². The van der Waals surface area contributed by atoms with Crippen LogP contribution in [0, 0.1) is 0 Å². The highest BCUT2D eigenvalue weighted by Gasteiger charge is 2.22. The Labute approximate surface area is 150 Å². The number of hydrogen-bond donors (Lipinski definition) is 1. The average molecular weight is 367 g/mol. The maximum atomic E-state index is 12.4. The zero-order valence-electron chi connectivity index (χ0n) is 13.4. The predicted octanol–water partition coefficient (Wildman–Crippen LogP) is 3.55. The first-order valence-corrected chi connectivity index (χ1v) is 9.06. The SMILES string of the molecule is CCOc1ccc(NC(=O)N2CCN(c3nccs3)CC2)cc1Cl. The first-order valence-electron chi connectivity index (χ1n) is 7.80. The average Bonchev–Trinajstić information content (AvgIpc) is 3.12. The summed E-state index contributed by atoms with van der Waals surface area (Å²) in [4.78, 5) is 20.7. The van der Waals surface area contributed by atoms with Crippen molar-refractivity contribution in [2.24, 2.45) is 0 Å². The Bertz CT molecular complexity index is 687. The molecule has 0 atom stereocenters. The number of aromatic nitrogens is 1. The third-order valence-electron chi connectivity index (χ3n) is 3.74. The molecule has 0 spiro atoms. The van der Waals surface area contributed by atoms with Gasteiger partial charge in [0.15, 0.2) is 5.13 Å². The molecule has 1 saturated heterocycles. The zero-order valence-corrected chi connectivity index (χ0v) is 14.9. The number of carbonyl (C=O) groups is 1. The molecule has 6 nitrogen and oxygen atoms in total. The van der Waals surface area contributed by atoms with E-state index in [4.69, 9.17) is 16.3 Å². The second-order valence-electron chi connectivity index (χ2n) is 5.30. The van der Waals surface area contributed by atoms with Gasteiger partial charge in [-0.05, 0) is 25.1 Å². The van der Waals surface area contributed by atoms with Crippen LogP contribution in [-0.2, 0) is 0 Å². The van der Waals surface area contributed by atoms with Crippen molar-refractivity contribution in [3.8, 4) is 5.75 Å². The van der Waals surface area contributed by atoms with Gasteiger partial charge in [0, 0.05) is 43.4 Å². The fraction of sp³-hybridized carbons (Fsp3) is 0.375. The van der Waals surface area contributed by atoms with Crippen LogP contribution in [0.3, 0.4) is 0 Å². The number of urea groups is 1. The Morgan fingerprint density at radius 3 is 2.79 bits per heavy atom. The summed E-state index contributed by atoms with van der Waals surface area (Å²) >= 11 is 7.77. The van der Waals surface area contributed by atoms with E-state index in [1.807, 2.05) is 12.3 Å². The summed E-state index contributed by atoms with van der Waals surface area (Å²) in [7, 11) is 0. The Hall–Kier alpha value is -1.99. The van der Waals surface area contributed by atoms with Crippen LogP contribution in [-0.4, -0.2) is 48.7 Å². The van der Waals surface area contributed by atoms with Gasteiger partial charge in [-0.2, -0.15) is 0 Å². The maximum absolute atomic E-state index is 12.4. The van der Waals surface area contributed by atoms with E-state index in [1.54, 1.807) is 40.6 Å². The van der Waals surface area contributed by atoms with Crippen LogP contribution in [0.2, 0.25) is 5.02 Å². The quantitative estimate of drug-likeness (QED) is 0.899. The molecule has 0 bridgehead atoms. The molecule has 2 amide bonds. The standard InChI is InChI=1S/C16H19ClN4O2S/c1-2-23-14-4-3-12(11-13(14)17)19-15(22)20-6-8-21(9-7-20)16-18-5-10-24-16/h3-5,10-11H,2,6-9H2,1H3,(H,19,22). The van der Waals surface area contributed by atoms with Gasteiger partial charge in [-0.15, -0.1) is 11.3 Å². The monoisotopic (exact) mass is 366 g/mol. The summed E-state index contributed by atoms with van der Waals surface area (Å²) < 4.78 is 5.39. The normalized spacial score (nSPS) is 14.6. The van der Waals surface area contributed by atoms with Crippen LogP contribution in [0.1, 0.15) is 6.92 Å². The fourth-order valence-electron chi connectivity index (χ4n) is 2.53. The molecule has 2 aromatic rings. The minimum absolute atomic E-state index is 0.117. The number of ether oxygens (including phenoxy) is 1. The number of hydrogen-bond acceptors (Lipinski definition) is 5. The highest BCUT2D eigenvalue weighted by atomic mass is 35.5. The lowest BCUT2D eigenvalue weighted by Gasteiger charge is -2.34. The molecule has 128 valence electrons. The number of halogens is 1. The largest absolute Gasteiger partial charge is 0.492 e. The van der Waals surface area contributed by atoms with Gasteiger partial charge >= 0.3 is 6.03 Å². The topological polar surface area (TPSA) is 57.7 Å². The molecule has 0 saturated carbocycles. The number of rotatable bonds is 4. The third-order valence-corrected chi connectivity index (χ3v) is 4.87. The third kappa shape index (κ3) is 3.91. The molecule has 1 fully saturated rings. The number of amides is 2. The molecule has 1 aromatic carbocycles. The van der Waals surface area contributed by atoms with Gasteiger partial charge in [0.2, 0.25) is 0 Å². The van der Waals surface area contributed by atoms with E-state index in [9.17, 15) is 4.79 Å². The number of benzene rings is 1. The minimum atomic E-state index is -0.117. The second-order valence-corrected chi connectivity index (χ2v) is 6.58. The molecule has 0 unspecified atom stereocenters. The molecule has 1 aliphatic rings. The van der Waals surface area contributed by atoms with E-state index in [2.05, 4.69) is 15.2 Å². The van der Waals surface area contributed by atoms with Crippen LogP contribution in [0.15, 0.2) is 29.8 Å². The number of anilines is 2. The second kappa shape index (κ2) is 7.72. The summed E-state index contributed by atoms with van der Waals surface area (Å²) in [6, 6.07) is 5.15. The summed E-state index contributed by atoms with van der Waals surface area (Å²) in [5.74, 6) is 0.620. The van der Waals surface area contributed by atoms with Crippen molar-refractivity contribution in [1.82, 2.24) is 9.88 Å².